The third-order valence-electron chi connectivity index (χ3n) is 5.04. The Morgan fingerprint density at radius 1 is 1.14 bits per heavy atom. The van der Waals surface area contributed by atoms with Gasteiger partial charge in [0.1, 0.15) is 5.92 Å². The molecule has 0 aromatic heterocycles. The quantitative estimate of drug-likeness (QED) is 0.833. The van der Waals surface area contributed by atoms with Gasteiger partial charge in [-0.25, -0.2) is 0 Å². The minimum Gasteiger partial charge on any atom is -0.338 e. The number of fused-ring (bicyclic) bond motifs is 1. The van der Waals surface area contributed by atoms with E-state index in [4.69, 9.17) is 0 Å². The average Bonchev–Trinajstić information content (AvgIpc) is 2.56. The Bertz CT molecular complexity index is 532. The molecule has 0 N–H and O–H groups in total. The summed E-state index contributed by atoms with van der Waals surface area (Å²) < 4.78 is 0. The highest BCUT2D eigenvalue weighted by Crippen LogP contribution is 2.36. The van der Waals surface area contributed by atoms with Gasteiger partial charge in [0.05, 0.1) is 6.07 Å². The lowest BCUT2D eigenvalue weighted by atomic mass is 9.78. The molecular formula is C18H22N2O. The van der Waals surface area contributed by atoms with Crippen molar-refractivity contribution in [3.8, 4) is 6.07 Å². The van der Waals surface area contributed by atoms with Crippen molar-refractivity contribution in [1.29, 1.82) is 5.26 Å². The van der Waals surface area contributed by atoms with Crippen LogP contribution < -0.4 is 0 Å². The highest BCUT2D eigenvalue weighted by atomic mass is 16.2. The van der Waals surface area contributed by atoms with Crippen molar-refractivity contribution >= 4 is 5.91 Å². The van der Waals surface area contributed by atoms with E-state index in [1.807, 2.05) is 35.2 Å². The fourth-order valence-electron chi connectivity index (χ4n) is 3.98. The average molecular weight is 282 g/mol. The minimum atomic E-state index is -0.646. The molecule has 3 atom stereocenters. The Kier molecular flexibility index (Phi) is 4.24. The fourth-order valence-corrected chi connectivity index (χ4v) is 3.98. The van der Waals surface area contributed by atoms with E-state index in [1.54, 1.807) is 0 Å². The van der Waals surface area contributed by atoms with Crippen molar-refractivity contribution in [2.45, 2.75) is 50.5 Å². The number of rotatable bonds is 2. The van der Waals surface area contributed by atoms with E-state index in [0.29, 0.717) is 12.0 Å². The van der Waals surface area contributed by atoms with Crippen LogP contribution in [0.3, 0.4) is 0 Å². The smallest absolute Gasteiger partial charge is 0.244 e. The minimum absolute atomic E-state index is 0.0142. The summed E-state index contributed by atoms with van der Waals surface area (Å²) in [7, 11) is 0. The second-order valence-corrected chi connectivity index (χ2v) is 6.26. The predicted octanol–water partition coefficient (Wildman–Crippen LogP) is 3.47. The molecular weight excluding hydrogens is 260 g/mol. The zero-order valence-electron chi connectivity index (χ0n) is 12.4. The SMILES string of the molecule is N#CC(C(=O)N1CCC[C@H]2CCCC[C@H]21)c1ccccc1. The second-order valence-electron chi connectivity index (χ2n) is 6.26. The van der Waals surface area contributed by atoms with Gasteiger partial charge in [0.2, 0.25) is 5.91 Å². The van der Waals surface area contributed by atoms with E-state index in [9.17, 15) is 10.1 Å². The van der Waals surface area contributed by atoms with E-state index in [1.165, 1.54) is 25.7 Å². The zero-order chi connectivity index (χ0) is 14.7. The maximum Gasteiger partial charge on any atom is 0.244 e. The van der Waals surface area contributed by atoms with Crippen molar-refractivity contribution in [3.63, 3.8) is 0 Å². The topological polar surface area (TPSA) is 44.1 Å². The number of carbonyl (C=O) groups is 1. The molecule has 3 nitrogen and oxygen atoms in total. The van der Waals surface area contributed by atoms with E-state index >= 15 is 0 Å². The first-order valence-corrected chi connectivity index (χ1v) is 8.06. The van der Waals surface area contributed by atoms with Crippen LogP contribution in [0.4, 0.5) is 0 Å². The van der Waals surface area contributed by atoms with Gasteiger partial charge in [-0.2, -0.15) is 5.26 Å². The summed E-state index contributed by atoms with van der Waals surface area (Å²) in [6.45, 7) is 0.824. The largest absolute Gasteiger partial charge is 0.338 e. The first-order valence-electron chi connectivity index (χ1n) is 8.06. The standard InChI is InChI=1S/C18H22N2O/c19-13-16(14-7-2-1-3-8-14)18(21)20-12-6-10-15-9-4-5-11-17(15)20/h1-3,7-8,15-17H,4-6,9-12H2/t15-,16?,17-/m1/s1. The summed E-state index contributed by atoms with van der Waals surface area (Å²) in [4.78, 5) is 14.9. The molecule has 0 bridgehead atoms. The summed E-state index contributed by atoms with van der Waals surface area (Å²) >= 11 is 0. The van der Waals surface area contributed by atoms with Gasteiger partial charge in [-0.15, -0.1) is 0 Å². The molecule has 1 saturated carbocycles. The van der Waals surface area contributed by atoms with Crippen LogP contribution in [0, 0.1) is 17.2 Å². The van der Waals surface area contributed by atoms with Crippen molar-refractivity contribution < 1.29 is 4.79 Å². The number of hydrogen-bond acceptors (Lipinski definition) is 2. The molecule has 1 unspecified atom stereocenters. The molecule has 1 aliphatic heterocycles. The first-order chi connectivity index (χ1) is 10.3. The molecule has 1 heterocycles. The van der Waals surface area contributed by atoms with Gasteiger partial charge in [-0.1, -0.05) is 43.2 Å². The molecule has 1 saturated heterocycles. The molecule has 2 aliphatic rings. The Balaban J connectivity index is 1.81. The number of amides is 1. The van der Waals surface area contributed by atoms with Crippen LogP contribution in [0.2, 0.25) is 0 Å². The van der Waals surface area contributed by atoms with Crippen molar-refractivity contribution in [2.75, 3.05) is 6.54 Å². The Morgan fingerprint density at radius 2 is 1.86 bits per heavy atom. The molecule has 1 aromatic rings. The fraction of sp³-hybridized carbons (Fsp3) is 0.556. The van der Waals surface area contributed by atoms with Gasteiger partial charge in [0, 0.05) is 12.6 Å². The third-order valence-corrected chi connectivity index (χ3v) is 5.04. The first kappa shape index (κ1) is 14.1. The molecule has 1 aromatic carbocycles. The number of piperidine rings is 1. The van der Waals surface area contributed by atoms with Crippen LogP contribution in [0.5, 0.6) is 0 Å². The van der Waals surface area contributed by atoms with Crippen LogP contribution >= 0.6 is 0 Å². The molecule has 110 valence electrons. The highest BCUT2D eigenvalue weighted by Gasteiger charge is 2.38. The van der Waals surface area contributed by atoms with Gasteiger partial charge in [0.15, 0.2) is 0 Å². The summed E-state index contributed by atoms with van der Waals surface area (Å²) in [5, 5.41) is 9.48. The van der Waals surface area contributed by atoms with E-state index in [2.05, 4.69) is 6.07 Å². The zero-order valence-corrected chi connectivity index (χ0v) is 12.4. The third kappa shape index (κ3) is 2.81. The van der Waals surface area contributed by atoms with Crippen LogP contribution in [-0.4, -0.2) is 23.4 Å². The molecule has 0 spiro atoms. The molecule has 3 rings (SSSR count). The summed E-state index contributed by atoms with van der Waals surface area (Å²) in [5.74, 6) is 0.0266. The van der Waals surface area contributed by atoms with Gasteiger partial charge in [-0.3, -0.25) is 4.79 Å². The highest BCUT2D eigenvalue weighted by molar-refractivity contribution is 5.86. The van der Waals surface area contributed by atoms with Crippen molar-refractivity contribution in [2.24, 2.45) is 5.92 Å². The van der Waals surface area contributed by atoms with Gasteiger partial charge < -0.3 is 4.90 Å². The van der Waals surface area contributed by atoms with E-state index < -0.39 is 5.92 Å². The number of likely N-dealkylation sites (tertiary alicyclic amines) is 1. The molecule has 21 heavy (non-hydrogen) atoms. The molecule has 3 heteroatoms. The van der Waals surface area contributed by atoms with E-state index in [-0.39, 0.29) is 5.91 Å². The number of benzene rings is 1. The monoisotopic (exact) mass is 282 g/mol. The molecule has 1 amide bonds. The number of carbonyl (C=O) groups excluding carboxylic acids is 1. The number of nitrogens with zero attached hydrogens (tertiary/aromatic N) is 2. The Morgan fingerprint density at radius 3 is 2.62 bits per heavy atom. The lowest BCUT2D eigenvalue weighted by Crippen LogP contribution is -2.51. The maximum atomic E-state index is 12.9. The summed E-state index contributed by atoms with van der Waals surface area (Å²) in [5.41, 5.74) is 0.822. The lowest BCUT2D eigenvalue weighted by molar-refractivity contribution is -0.137. The number of nitriles is 1. The van der Waals surface area contributed by atoms with Crippen molar-refractivity contribution in [1.82, 2.24) is 4.90 Å². The van der Waals surface area contributed by atoms with Crippen LogP contribution in [-0.2, 0) is 4.79 Å². The summed E-state index contributed by atoms with van der Waals surface area (Å²) in [6, 6.07) is 12.1. The van der Waals surface area contributed by atoms with Crippen molar-refractivity contribution in [3.05, 3.63) is 35.9 Å². The van der Waals surface area contributed by atoms with Crippen LogP contribution in [0.15, 0.2) is 30.3 Å². The summed E-state index contributed by atoms with van der Waals surface area (Å²) in [6.07, 6.45) is 7.20. The Labute approximate surface area is 126 Å². The van der Waals surface area contributed by atoms with Gasteiger partial charge in [-0.05, 0) is 37.2 Å². The normalized spacial score (nSPS) is 26.5. The Hall–Kier alpha value is -1.82. The van der Waals surface area contributed by atoms with Crippen LogP contribution in [0.1, 0.15) is 50.0 Å². The maximum absolute atomic E-state index is 12.9. The predicted molar refractivity (Wildman–Crippen MR) is 81.5 cm³/mol. The number of hydrogen-bond donors (Lipinski definition) is 0. The van der Waals surface area contributed by atoms with Gasteiger partial charge in [0.25, 0.3) is 0 Å². The second kappa shape index (κ2) is 6.30. The molecule has 1 aliphatic carbocycles. The van der Waals surface area contributed by atoms with Crippen LogP contribution in [0.25, 0.3) is 0 Å². The lowest BCUT2D eigenvalue weighted by Gasteiger charge is -2.44. The van der Waals surface area contributed by atoms with E-state index in [0.717, 1.165) is 24.9 Å². The molecule has 2 fully saturated rings. The van der Waals surface area contributed by atoms with Gasteiger partial charge >= 0.3 is 0 Å². The molecule has 0 radical (unpaired) electrons.